The first-order valence-corrected chi connectivity index (χ1v) is 8.30. The second kappa shape index (κ2) is 5.92. The SMILES string of the molecule is CCCS(=O)(=O)N1CC[C@H](c2ccccc2OC)C1. The molecule has 106 valence electrons. The van der Waals surface area contributed by atoms with Crippen molar-refractivity contribution in [1.82, 2.24) is 4.31 Å². The van der Waals surface area contributed by atoms with Crippen LogP contribution in [-0.4, -0.2) is 38.7 Å². The van der Waals surface area contributed by atoms with Crippen molar-refractivity contribution >= 4 is 10.0 Å². The van der Waals surface area contributed by atoms with Gasteiger partial charge in [-0.1, -0.05) is 25.1 Å². The van der Waals surface area contributed by atoms with Gasteiger partial charge in [0.25, 0.3) is 0 Å². The van der Waals surface area contributed by atoms with Crippen LogP contribution in [0.25, 0.3) is 0 Å². The average Bonchev–Trinajstić information content (AvgIpc) is 2.89. The van der Waals surface area contributed by atoms with Crippen molar-refractivity contribution in [2.75, 3.05) is 26.0 Å². The molecule has 1 aliphatic heterocycles. The van der Waals surface area contributed by atoms with Gasteiger partial charge in [-0.15, -0.1) is 0 Å². The lowest BCUT2D eigenvalue weighted by molar-refractivity contribution is 0.405. The smallest absolute Gasteiger partial charge is 0.214 e. The van der Waals surface area contributed by atoms with Gasteiger partial charge in [0.1, 0.15) is 5.75 Å². The molecule has 0 bridgehead atoms. The maximum absolute atomic E-state index is 12.1. The van der Waals surface area contributed by atoms with E-state index < -0.39 is 10.0 Å². The van der Waals surface area contributed by atoms with Gasteiger partial charge in [-0.3, -0.25) is 0 Å². The zero-order chi connectivity index (χ0) is 13.9. The molecule has 0 unspecified atom stereocenters. The molecule has 1 atom stereocenters. The predicted octanol–water partition coefficient (Wildman–Crippen LogP) is 2.22. The van der Waals surface area contributed by atoms with E-state index in [4.69, 9.17) is 4.74 Å². The fourth-order valence-electron chi connectivity index (χ4n) is 2.63. The van der Waals surface area contributed by atoms with Gasteiger partial charge in [-0.25, -0.2) is 12.7 Å². The van der Waals surface area contributed by atoms with E-state index in [1.54, 1.807) is 11.4 Å². The van der Waals surface area contributed by atoms with Crippen molar-refractivity contribution in [1.29, 1.82) is 0 Å². The average molecular weight is 283 g/mol. The fourth-order valence-corrected chi connectivity index (χ4v) is 4.19. The van der Waals surface area contributed by atoms with Crippen molar-refractivity contribution in [3.8, 4) is 5.75 Å². The van der Waals surface area contributed by atoms with E-state index in [0.29, 0.717) is 19.5 Å². The summed E-state index contributed by atoms with van der Waals surface area (Å²) < 4.78 is 31.1. The zero-order valence-electron chi connectivity index (χ0n) is 11.5. The Morgan fingerprint density at radius 2 is 2.11 bits per heavy atom. The van der Waals surface area contributed by atoms with Gasteiger partial charge in [0.2, 0.25) is 10.0 Å². The van der Waals surface area contributed by atoms with Crippen LogP contribution < -0.4 is 4.74 Å². The van der Waals surface area contributed by atoms with Crippen LogP contribution in [0.4, 0.5) is 0 Å². The van der Waals surface area contributed by atoms with Crippen LogP contribution >= 0.6 is 0 Å². The number of methoxy groups -OCH3 is 1. The van der Waals surface area contributed by atoms with Crippen molar-refractivity contribution in [2.45, 2.75) is 25.7 Å². The standard InChI is InChI=1S/C14H21NO3S/c1-3-10-19(16,17)15-9-8-12(11-15)13-6-4-5-7-14(13)18-2/h4-7,12H,3,8-11H2,1-2H3/t12-/m0/s1. The molecule has 19 heavy (non-hydrogen) atoms. The number of benzene rings is 1. The number of rotatable bonds is 5. The molecule has 0 saturated carbocycles. The molecule has 1 heterocycles. The second-order valence-electron chi connectivity index (χ2n) is 4.90. The molecule has 0 amide bonds. The van der Waals surface area contributed by atoms with Crippen LogP contribution in [0.3, 0.4) is 0 Å². The molecule has 0 radical (unpaired) electrons. The van der Waals surface area contributed by atoms with Gasteiger partial charge in [0.15, 0.2) is 0 Å². The highest BCUT2D eigenvalue weighted by Crippen LogP contribution is 2.34. The topological polar surface area (TPSA) is 46.6 Å². The van der Waals surface area contributed by atoms with Crippen molar-refractivity contribution in [3.05, 3.63) is 29.8 Å². The molecular formula is C14H21NO3S. The highest BCUT2D eigenvalue weighted by Gasteiger charge is 2.32. The zero-order valence-corrected chi connectivity index (χ0v) is 12.3. The number of ether oxygens (including phenoxy) is 1. The molecule has 1 aliphatic rings. The Morgan fingerprint density at radius 3 is 2.79 bits per heavy atom. The molecule has 0 aromatic heterocycles. The molecule has 1 saturated heterocycles. The van der Waals surface area contributed by atoms with Crippen molar-refractivity contribution in [2.24, 2.45) is 0 Å². The monoisotopic (exact) mass is 283 g/mol. The second-order valence-corrected chi connectivity index (χ2v) is 6.99. The van der Waals surface area contributed by atoms with E-state index in [1.807, 2.05) is 31.2 Å². The predicted molar refractivity (Wildman–Crippen MR) is 76.0 cm³/mol. The van der Waals surface area contributed by atoms with Gasteiger partial charge in [-0.2, -0.15) is 0 Å². The van der Waals surface area contributed by atoms with E-state index in [-0.39, 0.29) is 11.7 Å². The Morgan fingerprint density at radius 1 is 1.37 bits per heavy atom. The molecular weight excluding hydrogens is 262 g/mol. The largest absolute Gasteiger partial charge is 0.496 e. The number of hydrogen-bond acceptors (Lipinski definition) is 3. The third-order valence-corrected chi connectivity index (χ3v) is 5.63. The van der Waals surface area contributed by atoms with E-state index in [0.717, 1.165) is 17.7 Å². The van der Waals surface area contributed by atoms with Crippen molar-refractivity contribution in [3.63, 3.8) is 0 Å². The fraction of sp³-hybridized carbons (Fsp3) is 0.571. The quantitative estimate of drug-likeness (QED) is 0.832. The first kappa shape index (κ1) is 14.3. The third kappa shape index (κ3) is 3.09. The summed E-state index contributed by atoms with van der Waals surface area (Å²) in [6, 6.07) is 7.86. The van der Waals surface area contributed by atoms with Crippen LogP contribution in [0.15, 0.2) is 24.3 Å². The molecule has 1 fully saturated rings. The van der Waals surface area contributed by atoms with Crippen LogP contribution in [0.5, 0.6) is 5.75 Å². The summed E-state index contributed by atoms with van der Waals surface area (Å²) in [7, 11) is -1.43. The van der Waals surface area contributed by atoms with Gasteiger partial charge < -0.3 is 4.74 Å². The van der Waals surface area contributed by atoms with E-state index in [2.05, 4.69) is 0 Å². The number of nitrogens with zero attached hydrogens (tertiary/aromatic N) is 1. The molecule has 1 aromatic rings. The lowest BCUT2D eigenvalue weighted by Gasteiger charge is -2.17. The summed E-state index contributed by atoms with van der Waals surface area (Å²) in [4.78, 5) is 0. The summed E-state index contributed by atoms with van der Waals surface area (Å²) in [5.74, 6) is 1.33. The molecule has 1 aromatic carbocycles. The Labute approximate surface area is 115 Å². The van der Waals surface area contributed by atoms with Crippen LogP contribution in [0, 0.1) is 0 Å². The Hall–Kier alpha value is -1.07. The number of para-hydroxylation sites is 1. The van der Waals surface area contributed by atoms with E-state index in [1.165, 1.54) is 0 Å². The van der Waals surface area contributed by atoms with Crippen LogP contribution in [-0.2, 0) is 10.0 Å². The highest BCUT2D eigenvalue weighted by molar-refractivity contribution is 7.89. The van der Waals surface area contributed by atoms with Gasteiger partial charge in [0.05, 0.1) is 12.9 Å². The Bertz CT molecular complexity index is 527. The molecule has 4 nitrogen and oxygen atoms in total. The molecule has 2 rings (SSSR count). The minimum Gasteiger partial charge on any atom is -0.496 e. The maximum atomic E-state index is 12.1. The Kier molecular flexibility index (Phi) is 4.47. The summed E-state index contributed by atoms with van der Waals surface area (Å²) in [6.45, 7) is 3.08. The lowest BCUT2D eigenvalue weighted by atomic mass is 9.97. The molecule has 0 spiro atoms. The minimum atomic E-state index is -3.08. The van der Waals surface area contributed by atoms with Crippen LogP contribution in [0.2, 0.25) is 0 Å². The summed E-state index contributed by atoms with van der Waals surface area (Å²) in [5, 5.41) is 0. The number of sulfonamides is 1. The summed E-state index contributed by atoms with van der Waals surface area (Å²) in [5.41, 5.74) is 1.11. The maximum Gasteiger partial charge on any atom is 0.214 e. The highest BCUT2D eigenvalue weighted by atomic mass is 32.2. The van der Waals surface area contributed by atoms with Crippen molar-refractivity contribution < 1.29 is 13.2 Å². The van der Waals surface area contributed by atoms with Gasteiger partial charge >= 0.3 is 0 Å². The third-order valence-electron chi connectivity index (χ3n) is 3.59. The molecule has 5 heteroatoms. The molecule has 0 aliphatic carbocycles. The Balaban J connectivity index is 2.14. The minimum absolute atomic E-state index is 0.239. The van der Waals surface area contributed by atoms with Gasteiger partial charge in [0, 0.05) is 19.0 Å². The van der Waals surface area contributed by atoms with Gasteiger partial charge in [-0.05, 0) is 24.5 Å². The summed E-state index contributed by atoms with van der Waals surface area (Å²) in [6.07, 6.45) is 1.53. The first-order valence-electron chi connectivity index (χ1n) is 6.69. The molecule has 0 N–H and O–H groups in total. The summed E-state index contributed by atoms with van der Waals surface area (Å²) >= 11 is 0. The van der Waals surface area contributed by atoms with E-state index >= 15 is 0 Å². The normalized spacial score (nSPS) is 20.6. The lowest BCUT2D eigenvalue weighted by Crippen LogP contribution is -2.30. The van der Waals surface area contributed by atoms with Crippen LogP contribution in [0.1, 0.15) is 31.2 Å². The number of hydrogen-bond donors (Lipinski definition) is 0. The first-order chi connectivity index (χ1) is 9.08. The van der Waals surface area contributed by atoms with E-state index in [9.17, 15) is 8.42 Å².